The highest BCUT2D eigenvalue weighted by Crippen LogP contribution is 2.37. The van der Waals surface area contributed by atoms with Crippen molar-refractivity contribution in [3.05, 3.63) is 35.8 Å². The van der Waals surface area contributed by atoms with Crippen LogP contribution in [0, 0.1) is 5.82 Å². The maximum Gasteiger partial charge on any atom is 0.354 e. The predicted molar refractivity (Wildman–Crippen MR) is 51.9 cm³/mol. The van der Waals surface area contributed by atoms with E-state index in [9.17, 15) is 13.2 Å². The number of aliphatic hydroxyl groups is 1. The molecule has 0 fully saturated rings. The fourth-order valence-corrected chi connectivity index (χ4v) is 1.44. The molecule has 16 heavy (non-hydrogen) atoms. The van der Waals surface area contributed by atoms with E-state index in [0.29, 0.717) is 0 Å². The Balaban J connectivity index is 2.47. The second-order valence-electron chi connectivity index (χ2n) is 3.28. The van der Waals surface area contributed by atoms with E-state index < -0.39 is 23.1 Å². The third-order valence-electron chi connectivity index (χ3n) is 2.08. The summed E-state index contributed by atoms with van der Waals surface area (Å²) in [6.07, 6.45) is -2.26. The van der Waals surface area contributed by atoms with Gasteiger partial charge in [0.25, 0.3) is 0 Å². The van der Waals surface area contributed by atoms with Crippen molar-refractivity contribution in [1.82, 2.24) is 0 Å². The van der Waals surface area contributed by atoms with Gasteiger partial charge in [-0.15, -0.1) is 0 Å². The van der Waals surface area contributed by atoms with Gasteiger partial charge in [-0.05, 0) is 35.9 Å². The van der Waals surface area contributed by atoms with Crippen LogP contribution < -0.4 is 0 Å². The molecule has 0 saturated carbocycles. The van der Waals surface area contributed by atoms with E-state index in [0.717, 1.165) is 18.2 Å². The Morgan fingerprint density at radius 3 is 2.62 bits per heavy atom. The number of furan rings is 1. The van der Waals surface area contributed by atoms with E-state index in [-0.39, 0.29) is 11.0 Å². The fourth-order valence-electron chi connectivity index (χ4n) is 1.33. The molecule has 1 unspecified atom stereocenters. The minimum absolute atomic E-state index is 0.205. The molecule has 1 N–H and O–H groups in total. The van der Waals surface area contributed by atoms with Gasteiger partial charge in [0.2, 0.25) is 0 Å². The van der Waals surface area contributed by atoms with Crippen molar-refractivity contribution in [2.24, 2.45) is 0 Å². The molecular weight excluding hydrogens is 245 g/mol. The first-order chi connectivity index (χ1) is 7.38. The lowest BCUT2D eigenvalue weighted by Gasteiger charge is -2.12. The molecule has 0 saturated heterocycles. The van der Waals surface area contributed by atoms with Crippen molar-refractivity contribution in [2.45, 2.75) is 11.5 Å². The summed E-state index contributed by atoms with van der Waals surface area (Å²) in [6.45, 7) is 0. The molecule has 6 heteroatoms. The summed E-state index contributed by atoms with van der Waals surface area (Å²) in [5, 5.41) is 5.62. The topological polar surface area (TPSA) is 33.4 Å². The largest absolute Gasteiger partial charge is 0.458 e. The minimum atomic E-state index is -3.83. The Bertz CT molecular complexity index is 518. The van der Waals surface area contributed by atoms with Crippen LogP contribution in [0.1, 0.15) is 11.9 Å². The summed E-state index contributed by atoms with van der Waals surface area (Å²) in [7, 11) is 0. The maximum absolute atomic E-state index is 12.8. The van der Waals surface area contributed by atoms with Crippen LogP contribution in [0.25, 0.3) is 11.0 Å². The molecule has 2 rings (SSSR count). The monoisotopic (exact) mass is 250 g/mol. The smallest absolute Gasteiger partial charge is 0.354 e. The standard InChI is InChI=1S/C10H6ClF3O2/c11-10(13,14)9(15)8-4-5-3-6(12)1-2-7(5)16-8/h1-4,9,15H. The number of fused-ring (bicyclic) bond motifs is 1. The van der Waals surface area contributed by atoms with Gasteiger partial charge in [0.1, 0.15) is 17.2 Å². The molecule has 1 aromatic carbocycles. The highest BCUT2D eigenvalue weighted by Gasteiger charge is 2.39. The van der Waals surface area contributed by atoms with Crippen LogP contribution in [-0.4, -0.2) is 10.5 Å². The normalized spacial score (nSPS) is 14.3. The van der Waals surface area contributed by atoms with Gasteiger partial charge < -0.3 is 9.52 Å². The maximum atomic E-state index is 12.8. The lowest BCUT2D eigenvalue weighted by atomic mass is 10.2. The highest BCUT2D eigenvalue weighted by molar-refractivity contribution is 6.22. The van der Waals surface area contributed by atoms with Crippen molar-refractivity contribution < 1.29 is 22.7 Å². The molecule has 0 spiro atoms. The third kappa shape index (κ3) is 2.01. The first-order valence-corrected chi connectivity index (χ1v) is 4.69. The summed E-state index contributed by atoms with van der Waals surface area (Å²) in [6, 6.07) is 4.65. The Labute approximate surface area is 93.2 Å². The third-order valence-corrected chi connectivity index (χ3v) is 2.28. The predicted octanol–water partition coefficient (Wildman–Crippen LogP) is 3.44. The van der Waals surface area contributed by atoms with Crippen molar-refractivity contribution in [3.8, 4) is 0 Å². The molecule has 0 bridgehead atoms. The van der Waals surface area contributed by atoms with Crippen LogP contribution >= 0.6 is 11.6 Å². The Kier molecular flexibility index (Phi) is 2.59. The Hall–Kier alpha value is -1.20. The zero-order valence-corrected chi connectivity index (χ0v) is 8.51. The molecule has 0 aliphatic heterocycles. The van der Waals surface area contributed by atoms with Crippen molar-refractivity contribution in [3.63, 3.8) is 0 Å². The van der Waals surface area contributed by atoms with Crippen molar-refractivity contribution >= 4 is 22.6 Å². The van der Waals surface area contributed by atoms with E-state index in [1.54, 1.807) is 0 Å². The average molecular weight is 251 g/mol. The van der Waals surface area contributed by atoms with E-state index in [4.69, 9.17) is 9.52 Å². The molecular formula is C10H6ClF3O2. The molecule has 0 radical (unpaired) electrons. The van der Waals surface area contributed by atoms with Gasteiger partial charge in [0, 0.05) is 5.39 Å². The van der Waals surface area contributed by atoms with Crippen LogP contribution in [0.3, 0.4) is 0 Å². The number of halogens is 4. The van der Waals surface area contributed by atoms with E-state index in [1.807, 2.05) is 0 Å². The second kappa shape index (κ2) is 3.68. The van der Waals surface area contributed by atoms with Crippen LogP contribution in [0.4, 0.5) is 13.2 Å². The van der Waals surface area contributed by atoms with Crippen LogP contribution in [0.5, 0.6) is 0 Å². The SMILES string of the molecule is OC(c1cc2cc(F)ccc2o1)C(F)(F)Cl. The number of aliphatic hydroxyl groups excluding tert-OH is 1. The van der Waals surface area contributed by atoms with Crippen LogP contribution in [0.15, 0.2) is 28.7 Å². The van der Waals surface area contributed by atoms with Gasteiger partial charge >= 0.3 is 5.38 Å². The number of benzene rings is 1. The molecule has 2 nitrogen and oxygen atoms in total. The first kappa shape index (κ1) is 11.3. The summed E-state index contributed by atoms with van der Waals surface area (Å²) in [5.41, 5.74) is 0.205. The molecule has 0 aliphatic rings. The summed E-state index contributed by atoms with van der Waals surface area (Å²) in [4.78, 5) is 0. The van der Waals surface area contributed by atoms with Crippen LogP contribution in [-0.2, 0) is 0 Å². The quantitative estimate of drug-likeness (QED) is 0.829. The molecule has 2 aromatic rings. The number of hydrogen-bond acceptors (Lipinski definition) is 2. The van der Waals surface area contributed by atoms with Gasteiger partial charge in [-0.1, -0.05) is 0 Å². The fraction of sp³-hybridized carbons (Fsp3) is 0.200. The first-order valence-electron chi connectivity index (χ1n) is 4.32. The molecule has 1 atom stereocenters. The van der Waals surface area contributed by atoms with Crippen molar-refractivity contribution in [2.75, 3.05) is 0 Å². The van der Waals surface area contributed by atoms with Gasteiger partial charge in [-0.25, -0.2) is 4.39 Å². The second-order valence-corrected chi connectivity index (χ2v) is 3.78. The lowest BCUT2D eigenvalue weighted by molar-refractivity contribution is -0.0520. The van der Waals surface area contributed by atoms with Gasteiger partial charge in [-0.3, -0.25) is 0 Å². The average Bonchev–Trinajstić information content (AvgIpc) is 2.57. The Morgan fingerprint density at radius 2 is 2.00 bits per heavy atom. The van der Waals surface area contributed by atoms with Gasteiger partial charge in [-0.2, -0.15) is 8.78 Å². The van der Waals surface area contributed by atoms with E-state index >= 15 is 0 Å². The van der Waals surface area contributed by atoms with Gasteiger partial charge in [0.05, 0.1) is 0 Å². The van der Waals surface area contributed by atoms with E-state index in [2.05, 4.69) is 11.6 Å². The van der Waals surface area contributed by atoms with E-state index in [1.165, 1.54) is 6.07 Å². The number of hydrogen-bond donors (Lipinski definition) is 1. The minimum Gasteiger partial charge on any atom is -0.458 e. The number of rotatable bonds is 2. The Morgan fingerprint density at radius 1 is 1.31 bits per heavy atom. The van der Waals surface area contributed by atoms with Crippen LogP contribution in [0.2, 0.25) is 0 Å². The summed E-state index contributed by atoms with van der Waals surface area (Å²) >= 11 is 4.66. The summed E-state index contributed by atoms with van der Waals surface area (Å²) < 4.78 is 42.9. The van der Waals surface area contributed by atoms with Gasteiger partial charge in [0.15, 0.2) is 6.10 Å². The number of alkyl halides is 3. The molecule has 86 valence electrons. The molecule has 0 aliphatic carbocycles. The highest BCUT2D eigenvalue weighted by atomic mass is 35.5. The molecule has 1 aromatic heterocycles. The molecule has 0 amide bonds. The zero-order chi connectivity index (χ0) is 11.9. The zero-order valence-electron chi connectivity index (χ0n) is 7.75. The summed E-state index contributed by atoms with van der Waals surface area (Å²) in [5.74, 6) is -0.924. The lowest BCUT2D eigenvalue weighted by Crippen LogP contribution is -2.18. The molecule has 1 heterocycles. The van der Waals surface area contributed by atoms with Crippen molar-refractivity contribution in [1.29, 1.82) is 0 Å².